The van der Waals surface area contributed by atoms with E-state index in [4.69, 9.17) is 0 Å². The van der Waals surface area contributed by atoms with Crippen LogP contribution in [-0.4, -0.2) is 23.6 Å². The number of anilines is 1. The smallest absolute Gasteiger partial charge is 0.251 e. The van der Waals surface area contributed by atoms with Gasteiger partial charge in [0.15, 0.2) is 0 Å². The summed E-state index contributed by atoms with van der Waals surface area (Å²) in [5.41, 5.74) is 3.77. The summed E-state index contributed by atoms with van der Waals surface area (Å²) in [6.45, 7) is 4.81. The summed E-state index contributed by atoms with van der Waals surface area (Å²) in [6, 6.07) is 14.1. The molecule has 1 heterocycles. The Morgan fingerprint density at radius 1 is 1.17 bits per heavy atom. The third-order valence-electron chi connectivity index (χ3n) is 6.18. The third-order valence-corrected chi connectivity index (χ3v) is 7.23. The van der Waals surface area contributed by atoms with Gasteiger partial charge >= 0.3 is 0 Å². The van der Waals surface area contributed by atoms with Crippen LogP contribution in [0, 0.1) is 12.8 Å². The molecule has 2 atom stereocenters. The lowest BCUT2D eigenvalue weighted by Crippen LogP contribution is -2.41. The predicted molar refractivity (Wildman–Crippen MR) is 118 cm³/mol. The number of thioether (sulfide) groups is 1. The fourth-order valence-corrected chi connectivity index (χ4v) is 5.17. The van der Waals surface area contributed by atoms with Crippen molar-refractivity contribution in [2.24, 2.45) is 5.92 Å². The Hall–Kier alpha value is -2.27. The van der Waals surface area contributed by atoms with Gasteiger partial charge in [-0.25, -0.2) is 0 Å². The first-order chi connectivity index (χ1) is 14.0. The molecular weight excluding hydrogens is 380 g/mol. The van der Waals surface area contributed by atoms with Crippen molar-refractivity contribution in [3.05, 3.63) is 59.2 Å². The Morgan fingerprint density at radius 2 is 1.97 bits per heavy atom. The van der Waals surface area contributed by atoms with E-state index in [1.54, 1.807) is 11.8 Å². The highest BCUT2D eigenvalue weighted by Gasteiger charge is 2.28. The Bertz CT molecular complexity index is 927. The van der Waals surface area contributed by atoms with Crippen LogP contribution < -0.4 is 10.2 Å². The van der Waals surface area contributed by atoms with E-state index in [-0.39, 0.29) is 17.9 Å². The molecule has 2 unspecified atom stereocenters. The number of benzene rings is 2. The van der Waals surface area contributed by atoms with Gasteiger partial charge in [-0.3, -0.25) is 9.59 Å². The van der Waals surface area contributed by atoms with Crippen molar-refractivity contribution in [1.82, 2.24) is 5.32 Å². The number of rotatable bonds is 4. The topological polar surface area (TPSA) is 49.4 Å². The number of aryl methyl sites for hydroxylation is 1. The molecule has 2 aromatic carbocycles. The summed E-state index contributed by atoms with van der Waals surface area (Å²) in [7, 11) is 0. The molecule has 1 aliphatic carbocycles. The van der Waals surface area contributed by atoms with Crippen molar-refractivity contribution in [3.63, 3.8) is 0 Å². The summed E-state index contributed by atoms with van der Waals surface area (Å²) in [5.74, 6) is 0.999. The second-order valence-corrected chi connectivity index (χ2v) is 9.24. The van der Waals surface area contributed by atoms with Gasteiger partial charge in [-0.15, -0.1) is 11.8 Å². The quantitative estimate of drug-likeness (QED) is 0.779. The van der Waals surface area contributed by atoms with Crippen LogP contribution in [0.4, 0.5) is 5.69 Å². The molecule has 0 aromatic heterocycles. The zero-order chi connectivity index (χ0) is 20.4. The molecule has 0 saturated heterocycles. The van der Waals surface area contributed by atoms with E-state index in [9.17, 15) is 9.59 Å². The lowest BCUT2D eigenvalue weighted by atomic mass is 9.86. The van der Waals surface area contributed by atoms with Gasteiger partial charge in [-0.2, -0.15) is 0 Å². The Labute approximate surface area is 177 Å². The predicted octanol–water partition coefficient (Wildman–Crippen LogP) is 4.94. The molecule has 0 spiro atoms. The van der Waals surface area contributed by atoms with Crippen LogP contribution in [0.2, 0.25) is 0 Å². The Morgan fingerprint density at radius 3 is 2.76 bits per heavy atom. The van der Waals surface area contributed by atoms with Crippen molar-refractivity contribution in [1.29, 1.82) is 0 Å². The molecule has 29 heavy (non-hydrogen) atoms. The standard InChI is InChI=1S/C24H28N2O2S/c1-16-7-3-5-9-19(16)14-26-21-13-18(11-12-22(21)29-15-23(26)27)24(28)25-20-10-6-4-8-17(20)2/h3,5,7,9,11-13,17,20H,4,6,8,10,14-15H2,1-2H3,(H,25,28). The number of nitrogens with zero attached hydrogens (tertiary/aromatic N) is 1. The normalized spacial score (nSPS) is 21.6. The Balaban J connectivity index is 1.58. The van der Waals surface area contributed by atoms with Crippen molar-refractivity contribution >= 4 is 29.3 Å². The highest BCUT2D eigenvalue weighted by Crippen LogP contribution is 2.37. The largest absolute Gasteiger partial charge is 0.349 e. The van der Waals surface area contributed by atoms with Crippen LogP contribution >= 0.6 is 11.8 Å². The summed E-state index contributed by atoms with van der Waals surface area (Å²) >= 11 is 1.55. The third kappa shape index (κ3) is 4.35. The van der Waals surface area contributed by atoms with Crippen molar-refractivity contribution in [2.45, 2.75) is 57.0 Å². The first-order valence-corrected chi connectivity index (χ1v) is 11.4. The highest BCUT2D eigenvalue weighted by atomic mass is 32.2. The van der Waals surface area contributed by atoms with Gasteiger partial charge in [0.1, 0.15) is 0 Å². The van der Waals surface area contributed by atoms with Gasteiger partial charge in [0, 0.05) is 16.5 Å². The van der Waals surface area contributed by atoms with Crippen LogP contribution in [0.25, 0.3) is 0 Å². The summed E-state index contributed by atoms with van der Waals surface area (Å²) in [5, 5.41) is 3.23. The minimum atomic E-state index is -0.0367. The maximum atomic E-state index is 12.9. The van der Waals surface area contributed by atoms with Gasteiger partial charge in [0.25, 0.3) is 5.91 Å². The molecule has 2 aromatic rings. The fraction of sp³-hybridized carbons (Fsp3) is 0.417. The van der Waals surface area contributed by atoms with Gasteiger partial charge in [-0.05, 0) is 55.0 Å². The maximum Gasteiger partial charge on any atom is 0.251 e. The highest BCUT2D eigenvalue weighted by molar-refractivity contribution is 8.00. The monoisotopic (exact) mass is 408 g/mol. The number of carbonyl (C=O) groups is 2. The summed E-state index contributed by atoms with van der Waals surface area (Å²) in [4.78, 5) is 28.5. The summed E-state index contributed by atoms with van der Waals surface area (Å²) in [6.07, 6.45) is 4.64. The van der Waals surface area contributed by atoms with Crippen molar-refractivity contribution in [3.8, 4) is 0 Å². The number of hydrogen-bond donors (Lipinski definition) is 1. The Kier molecular flexibility index (Phi) is 5.95. The minimum absolute atomic E-state index is 0.0367. The van der Waals surface area contributed by atoms with E-state index in [0.29, 0.717) is 23.8 Å². The molecular formula is C24H28N2O2S. The van der Waals surface area contributed by atoms with Gasteiger partial charge in [0.05, 0.1) is 18.0 Å². The molecule has 152 valence electrons. The first-order valence-electron chi connectivity index (χ1n) is 10.5. The van der Waals surface area contributed by atoms with E-state index < -0.39 is 0 Å². The molecule has 1 saturated carbocycles. The average molecular weight is 409 g/mol. The van der Waals surface area contributed by atoms with Crippen molar-refractivity contribution in [2.75, 3.05) is 10.7 Å². The molecule has 1 N–H and O–H groups in total. The molecule has 5 heteroatoms. The molecule has 4 nitrogen and oxygen atoms in total. The van der Waals surface area contributed by atoms with E-state index in [1.807, 2.05) is 35.2 Å². The van der Waals surface area contributed by atoms with E-state index >= 15 is 0 Å². The number of hydrogen-bond acceptors (Lipinski definition) is 3. The van der Waals surface area contributed by atoms with Crippen LogP contribution in [-0.2, 0) is 11.3 Å². The molecule has 2 aliphatic rings. The lowest BCUT2D eigenvalue weighted by molar-refractivity contribution is -0.116. The minimum Gasteiger partial charge on any atom is -0.349 e. The van der Waals surface area contributed by atoms with Crippen LogP contribution in [0.1, 0.15) is 54.1 Å². The average Bonchev–Trinajstić information content (AvgIpc) is 2.73. The fourth-order valence-electron chi connectivity index (χ4n) is 4.26. The SMILES string of the molecule is Cc1ccccc1CN1C(=O)CSc2ccc(C(=O)NC3CCCCC3C)cc21. The van der Waals surface area contributed by atoms with Gasteiger partial charge in [-0.1, -0.05) is 44.0 Å². The maximum absolute atomic E-state index is 12.9. The second-order valence-electron chi connectivity index (χ2n) is 8.22. The molecule has 1 fully saturated rings. The van der Waals surface area contributed by atoms with Crippen molar-refractivity contribution < 1.29 is 9.59 Å². The zero-order valence-corrected chi connectivity index (χ0v) is 17.9. The second kappa shape index (κ2) is 8.62. The van der Waals surface area contributed by atoms with E-state index in [1.165, 1.54) is 24.8 Å². The first kappa shape index (κ1) is 20.0. The van der Waals surface area contributed by atoms with E-state index in [0.717, 1.165) is 22.6 Å². The van der Waals surface area contributed by atoms with E-state index in [2.05, 4.69) is 31.3 Å². The van der Waals surface area contributed by atoms with Crippen LogP contribution in [0.5, 0.6) is 0 Å². The van der Waals surface area contributed by atoms with Crippen LogP contribution in [0.15, 0.2) is 47.4 Å². The molecule has 4 rings (SSSR count). The number of fused-ring (bicyclic) bond motifs is 1. The summed E-state index contributed by atoms with van der Waals surface area (Å²) < 4.78 is 0. The number of amides is 2. The number of nitrogens with one attached hydrogen (secondary N) is 1. The molecule has 2 amide bonds. The van der Waals surface area contributed by atoms with Crippen LogP contribution in [0.3, 0.4) is 0 Å². The van der Waals surface area contributed by atoms with Gasteiger partial charge in [0.2, 0.25) is 5.91 Å². The lowest BCUT2D eigenvalue weighted by Gasteiger charge is -2.31. The molecule has 0 bridgehead atoms. The zero-order valence-electron chi connectivity index (χ0n) is 17.1. The number of carbonyl (C=O) groups excluding carboxylic acids is 2. The molecule has 0 radical (unpaired) electrons. The van der Waals surface area contributed by atoms with Gasteiger partial charge < -0.3 is 10.2 Å². The molecule has 1 aliphatic heterocycles.